The van der Waals surface area contributed by atoms with Crippen LogP contribution in [0.3, 0.4) is 0 Å². The SMILES string of the molecule is NCCOCc1ccc(COCCOCc2ccc(COCCN)o2)o1.OCCCc1ccc(COCCOCc2ccc(CCCO)o2)o1.OCCCc1ccc(COCc2ccc(CCCO)o2)o1.OCCc1ccc(COCCOCc2ccc(CCO)o2)o1.OCCc1ccc(COCc2ccc(CCO)o2)o1.OCc1ccc(COCCOCc2ccc(CO)o2)o1. The van der Waals surface area contributed by atoms with Crippen LogP contribution in [0, 0.1) is 0 Å². The van der Waals surface area contributed by atoms with E-state index in [-0.39, 0.29) is 66.1 Å². The highest BCUT2D eigenvalue weighted by Gasteiger charge is 2.14. The predicted molar refractivity (Wildman–Crippen MR) is 473 cm³/mol. The first kappa shape index (κ1) is 109. The summed E-state index contributed by atoms with van der Waals surface area (Å²) in [6, 6.07) is 44.4. The standard InChI is InChI=1S/C18H28N2O6.C18H26O6.C16H22O6.C16H22O5.C14H18O6.C14H18O5/c19-5-7-21-11-15-1-3-17(25-15)13-23-9-10-24-14-18-4-2-16(26-18)12-22-8-6-20;19-9-1-3-15-5-7-17(23-15)13-21-11-12-22-14-18-8-6-16(24-18)4-2-10-20;17-7-5-13-1-3-15(21-13)11-19-9-10-20-12-16-4-2-14(22-16)6-8-18;17-9-1-3-13-5-7-15(20-13)11-19-12-16-8-6-14(21-16)4-2-10-18;15-7-11-1-3-13(19-11)9-17-5-6-18-10-14-4-2-12(8-16)20-14;15-7-5-11-1-3-13(18-11)9-17-10-14-4-2-12(19-14)6-8-16/h1-4H,5-14,19-20H2;5-8,19-20H,1-4,9-14H2;1-4,17-18H,5-12H2;5-8,17-18H,1-4,9-12H2;1-4,15-16H,5-10H2;1-4,15-16H,5-10H2. The van der Waals surface area contributed by atoms with Gasteiger partial charge < -0.3 is 172 Å². The molecule has 0 saturated heterocycles. The van der Waals surface area contributed by atoms with Crippen molar-refractivity contribution >= 4 is 0 Å². The average molecular weight is 1860 g/mol. The quantitative estimate of drug-likeness (QED) is 0.0158. The molecule has 36 nitrogen and oxygen atoms in total. The summed E-state index contributed by atoms with van der Waals surface area (Å²) < 4.78 is 131. The van der Waals surface area contributed by atoms with E-state index in [0.717, 1.165) is 141 Å². The molecule has 0 aliphatic carbocycles. The largest absolute Gasteiger partial charge is 0.464 e. The molecule has 0 amide bonds. The molecule has 0 fully saturated rings. The summed E-state index contributed by atoms with van der Waals surface area (Å²) in [4.78, 5) is 0. The number of aliphatic hydroxyl groups excluding tert-OH is 10. The molecule has 0 saturated carbocycles. The number of hydrogen-bond acceptors (Lipinski definition) is 36. The molecule has 0 unspecified atom stereocenters. The van der Waals surface area contributed by atoms with Gasteiger partial charge in [0.25, 0.3) is 0 Å². The molecule has 0 radical (unpaired) electrons. The first-order valence-corrected chi connectivity index (χ1v) is 44.2. The van der Waals surface area contributed by atoms with Crippen LogP contribution >= 0.6 is 0 Å². The van der Waals surface area contributed by atoms with Gasteiger partial charge in [-0.1, -0.05) is 0 Å². The maximum absolute atomic E-state index is 8.84. The molecule has 0 aliphatic rings. The van der Waals surface area contributed by atoms with Crippen molar-refractivity contribution in [3.8, 4) is 0 Å². The molecule has 0 spiro atoms. The van der Waals surface area contributed by atoms with Gasteiger partial charge in [-0.05, 0) is 171 Å². The number of aliphatic hydroxyl groups is 10. The van der Waals surface area contributed by atoms with Gasteiger partial charge in [0.2, 0.25) is 0 Å². The minimum atomic E-state index is -0.109. The lowest BCUT2D eigenvalue weighted by Gasteiger charge is -2.04. The molecule has 14 N–H and O–H groups in total. The summed E-state index contributed by atoms with van der Waals surface area (Å²) in [5.74, 6) is 18.0. The number of rotatable bonds is 66. The van der Waals surface area contributed by atoms with Crippen molar-refractivity contribution in [2.24, 2.45) is 11.5 Å². The summed E-state index contributed by atoms with van der Waals surface area (Å²) in [6.45, 7) is 11.9. The first-order valence-electron chi connectivity index (χ1n) is 44.2. The monoisotopic (exact) mass is 1860 g/mol. The highest BCUT2D eigenvalue weighted by Crippen LogP contribution is 2.21. The van der Waals surface area contributed by atoms with Gasteiger partial charge >= 0.3 is 0 Å². The highest BCUT2D eigenvalue weighted by atomic mass is 16.6. The summed E-state index contributed by atoms with van der Waals surface area (Å²) in [7, 11) is 0. The van der Waals surface area contributed by atoms with Crippen molar-refractivity contribution in [3.63, 3.8) is 0 Å². The lowest BCUT2D eigenvalue weighted by molar-refractivity contribution is 0.0216. The number of aryl methyl sites for hydroxylation is 4. The molecule has 12 heterocycles. The highest BCUT2D eigenvalue weighted by molar-refractivity contribution is 5.14. The minimum absolute atomic E-state index is 0.0772. The Hall–Kier alpha value is -9.60. The molecule has 0 bridgehead atoms. The molecule has 132 heavy (non-hydrogen) atoms. The summed E-state index contributed by atoms with van der Waals surface area (Å²) in [6.07, 6.45) is 7.85. The van der Waals surface area contributed by atoms with Crippen LogP contribution in [0.4, 0.5) is 0 Å². The van der Waals surface area contributed by atoms with E-state index in [4.69, 9.17) is 172 Å². The zero-order valence-corrected chi connectivity index (χ0v) is 75.2. The van der Waals surface area contributed by atoms with E-state index in [2.05, 4.69) is 0 Å². The second-order valence-corrected chi connectivity index (χ2v) is 29.0. The fraction of sp³-hybridized carbons (Fsp3) is 0.500. The van der Waals surface area contributed by atoms with Crippen LogP contribution in [0.5, 0.6) is 0 Å². The number of ether oxygens (including phenoxy) is 12. The maximum Gasteiger partial charge on any atom is 0.129 e. The third-order valence-electron chi connectivity index (χ3n) is 18.1. The first-order chi connectivity index (χ1) is 64.9. The van der Waals surface area contributed by atoms with Crippen LogP contribution < -0.4 is 11.5 Å². The Labute approximate surface area is 767 Å². The van der Waals surface area contributed by atoms with Gasteiger partial charge in [-0.15, -0.1) is 0 Å². The predicted octanol–water partition coefficient (Wildman–Crippen LogP) is 11.4. The van der Waals surface area contributed by atoms with Crippen LogP contribution in [-0.2, 0) is 214 Å². The zero-order valence-electron chi connectivity index (χ0n) is 75.2. The number of furan rings is 12. The van der Waals surface area contributed by atoms with Gasteiger partial charge in [0.1, 0.15) is 244 Å². The third kappa shape index (κ3) is 48.4. The van der Waals surface area contributed by atoms with Crippen molar-refractivity contribution in [2.75, 3.05) is 132 Å². The normalized spacial score (nSPS) is 11.2. The fourth-order valence-corrected chi connectivity index (χ4v) is 11.7. The molecule has 12 aromatic rings. The van der Waals surface area contributed by atoms with E-state index in [9.17, 15) is 0 Å². The van der Waals surface area contributed by atoms with Crippen LogP contribution in [0.15, 0.2) is 199 Å². The average Bonchev–Trinajstić information content (AvgIpc) is 1.74. The van der Waals surface area contributed by atoms with E-state index in [0.29, 0.717) is 246 Å². The van der Waals surface area contributed by atoms with Gasteiger partial charge in [0.05, 0.1) is 92.5 Å². The molecule has 0 aromatic carbocycles. The minimum Gasteiger partial charge on any atom is -0.464 e. The van der Waals surface area contributed by atoms with Crippen LogP contribution in [0.25, 0.3) is 0 Å². The smallest absolute Gasteiger partial charge is 0.129 e. The molecule has 12 rings (SSSR count). The third-order valence-corrected chi connectivity index (χ3v) is 18.1. The Morgan fingerprint density at radius 1 is 0.152 bits per heavy atom. The van der Waals surface area contributed by atoms with E-state index in [1.807, 2.05) is 121 Å². The van der Waals surface area contributed by atoms with Crippen molar-refractivity contribution in [1.29, 1.82) is 0 Å². The fourth-order valence-electron chi connectivity index (χ4n) is 11.7. The Kier molecular flexibility index (Phi) is 58.1. The van der Waals surface area contributed by atoms with Crippen LogP contribution in [-0.4, -0.2) is 183 Å². The Bertz CT molecular complexity index is 4400. The maximum atomic E-state index is 8.84. The topological polar surface area (TPSA) is 523 Å². The Balaban J connectivity index is 0.000000217. The van der Waals surface area contributed by atoms with Gasteiger partial charge in [-0.2, -0.15) is 0 Å². The second-order valence-electron chi connectivity index (χ2n) is 29.0. The van der Waals surface area contributed by atoms with Crippen LogP contribution in [0.2, 0.25) is 0 Å². The molecule has 12 aromatic heterocycles. The summed E-state index contributed by atoms with van der Waals surface area (Å²) >= 11 is 0. The van der Waals surface area contributed by atoms with Crippen molar-refractivity contribution in [3.05, 3.63) is 284 Å². The lowest BCUT2D eigenvalue weighted by atomic mass is 10.3. The van der Waals surface area contributed by atoms with Crippen LogP contribution in [0.1, 0.15) is 164 Å². The molecule has 0 aliphatic heterocycles. The van der Waals surface area contributed by atoms with Gasteiger partial charge in [-0.25, -0.2) is 0 Å². The summed E-state index contributed by atoms with van der Waals surface area (Å²) in [5, 5.41) is 87.9. The van der Waals surface area contributed by atoms with E-state index in [1.165, 1.54) is 0 Å². The van der Waals surface area contributed by atoms with Gasteiger partial charge in [0, 0.05) is 90.9 Å². The molecule has 732 valence electrons. The molecule has 36 heteroatoms. The van der Waals surface area contributed by atoms with E-state index < -0.39 is 0 Å². The lowest BCUT2D eigenvalue weighted by Crippen LogP contribution is -2.07. The summed E-state index contributed by atoms with van der Waals surface area (Å²) in [5.41, 5.74) is 10.7. The Morgan fingerprint density at radius 3 is 0.424 bits per heavy atom. The van der Waals surface area contributed by atoms with Crippen molar-refractivity contribution in [1.82, 2.24) is 0 Å². The number of nitrogens with two attached hydrogens (primary N) is 2. The molecular formula is C96H134N2O34. The van der Waals surface area contributed by atoms with Gasteiger partial charge in [-0.3, -0.25) is 0 Å². The Morgan fingerprint density at radius 2 is 0.280 bits per heavy atom. The van der Waals surface area contributed by atoms with E-state index >= 15 is 0 Å². The second kappa shape index (κ2) is 70.1. The molecular weight excluding hydrogens is 1730 g/mol. The number of hydrogen-bond donors (Lipinski definition) is 12. The van der Waals surface area contributed by atoms with Crippen molar-refractivity contribution in [2.45, 2.75) is 183 Å². The van der Waals surface area contributed by atoms with Gasteiger partial charge in [0.15, 0.2) is 0 Å². The van der Waals surface area contributed by atoms with E-state index in [1.54, 1.807) is 24.3 Å². The zero-order chi connectivity index (χ0) is 93.7. The molecule has 0 atom stereocenters. The van der Waals surface area contributed by atoms with Crippen molar-refractivity contribution < 1.29 is 161 Å².